The zero-order valence-electron chi connectivity index (χ0n) is 12.5. The van der Waals surface area contributed by atoms with Crippen LogP contribution < -0.4 is 5.32 Å². The molecule has 6 nitrogen and oxygen atoms in total. The van der Waals surface area contributed by atoms with E-state index < -0.39 is 29.8 Å². The van der Waals surface area contributed by atoms with Gasteiger partial charge in [-0.05, 0) is 33.1 Å². The molecule has 0 aliphatic carbocycles. The number of esters is 1. The predicted octanol–water partition coefficient (Wildman–Crippen LogP) is 1.46. The molecule has 1 amide bonds. The molecule has 2 N–H and O–H groups in total. The quantitative estimate of drug-likeness (QED) is 0.742. The highest BCUT2D eigenvalue weighted by Crippen LogP contribution is 2.12. The first-order valence-corrected chi connectivity index (χ1v) is 6.32. The van der Waals surface area contributed by atoms with Crippen molar-refractivity contribution in [1.82, 2.24) is 5.32 Å². The summed E-state index contributed by atoms with van der Waals surface area (Å²) in [5.74, 6) is -0.582. The number of amides is 1. The third-order valence-electron chi connectivity index (χ3n) is 2.25. The molecular weight excluding hydrogens is 250 g/mol. The van der Waals surface area contributed by atoms with E-state index in [-0.39, 0.29) is 5.92 Å². The van der Waals surface area contributed by atoms with Crippen LogP contribution in [0.15, 0.2) is 0 Å². The van der Waals surface area contributed by atoms with Gasteiger partial charge in [-0.3, -0.25) is 0 Å². The molecule has 6 heteroatoms. The summed E-state index contributed by atoms with van der Waals surface area (Å²) >= 11 is 0. The summed E-state index contributed by atoms with van der Waals surface area (Å²) in [6.07, 6.45) is -1.63. The smallest absolute Gasteiger partial charge is 0.407 e. The Kier molecular flexibility index (Phi) is 6.83. The van der Waals surface area contributed by atoms with Gasteiger partial charge in [0.05, 0.1) is 13.2 Å². The number of ether oxygens (including phenoxy) is 2. The molecule has 0 heterocycles. The summed E-state index contributed by atoms with van der Waals surface area (Å²) < 4.78 is 9.58. The number of hydrogen-bond acceptors (Lipinski definition) is 5. The molecule has 0 saturated carbocycles. The highest BCUT2D eigenvalue weighted by Gasteiger charge is 2.30. The summed E-state index contributed by atoms with van der Waals surface area (Å²) in [5, 5.41) is 12.3. The van der Waals surface area contributed by atoms with Gasteiger partial charge in [-0.15, -0.1) is 0 Å². The first-order valence-electron chi connectivity index (χ1n) is 6.32. The number of hydrogen-bond donors (Lipinski definition) is 2. The Morgan fingerprint density at radius 3 is 2.16 bits per heavy atom. The first-order chi connectivity index (χ1) is 8.56. The monoisotopic (exact) mass is 275 g/mol. The minimum Gasteiger partial charge on any atom is -0.467 e. The first kappa shape index (κ1) is 17.7. The van der Waals surface area contributed by atoms with E-state index in [4.69, 9.17) is 4.74 Å². The van der Waals surface area contributed by atoms with Crippen LogP contribution in [0.25, 0.3) is 0 Å². The summed E-state index contributed by atoms with van der Waals surface area (Å²) in [6, 6.07) is -0.734. The maximum absolute atomic E-state index is 11.7. The van der Waals surface area contributed by atoms with Gasteiger partial charge in [0.25, 0.3) is 0 Å². The van der Waals surface area contributed by atoms with E-state index >= 15 is 0 Å². The van der Waals surface area contributed by atoms with Gasteiger partial charge in [0.1, 0.15) is 5.60 Å². The lowest BCUT2D eigenvalue weighted by Crippen LogP contribution is -2.49. The van der Waals surface area contributed by atoms with Gasteiger partial charge >= 0.3 is 12.1 Å². The Morgan fingerprint density at radius 2 is 1.79 bits per heavy atom. The Balaban J connectivity index is 4.68. The molecule has 0 aliphatic rings. The van der Waals surface area contributed by atoms with Gasteiger partial charge in [0.15, 0.2) is 6.10 Å². The second-order valence-electron chi connectivity index (χ2n) is 5.85. The molecule has 0 unspecified atom stereocenters. The summed E-state index contributed by atoms with van der Waals surface area (Å²) in [4.78, 5) is 23.0. The van der Waals surface area contributed by atoms with Gasteiger partial charge < -0.3 is 19.9 Å². The minimum absolute atomic E-state index is 0.194. The fraction of sp³-hybridized carbons (Fsp3) is 0.846. The predicted molar refractivity (Wildman–Crippen MR) is 70.6 cm³/mol. The second kappa shape index (κ2) is 7.33. The van der Waals surface area contributed by atoms with Crippen LogP contribution in [0.5, 0.6) is 0 Å². The summed E-state index contributed by atoms with van der Waals surface area (Å²) in [7, 11) is 1.19. The molecule has 19 heavy (non-hydrogen) atoms. The van der Waals surface area contributed by atoms with E-state index in [1.165, 1.54) is 7.11 Å². The molecule has 0 aromatic heterocycles. The average Bonchev–Trinajstić information content (AvgIpc) is 2.22. The fourth-order valence-corrected chi connectivity index (χ4v) is 1.52. The van der Waals surface area contributed by atoms with Gasteiger partial charge in [0.2, 0.25) is 0 Å². The van der Waals surface area contributed by atoms with Gasteiger partial charge in [-0.2, -0.15) is 0 Å². The molecular formula is C13H25NO5. The van der Waals surface area contributed by atoms with Gasteiger partial charge in [0, 0.05) is 0 Å². The lowest BCUT2D eigenvalue weighted by atomic mass is 9.99. The van der Waals surface area contributed by atoms with Crippen LogP contribution in [-0.2, 0) is 14.3 Å². The number of carbonyl (C=O) groups is 2. The lowest BCUT2D eigenvalue weighted by Gasteiger charge is -2.26. The van der Waals surface area contributed by atoms with Crippen molar-refractivity contribution in [2.75, 3.05) is 7.11 Å². The maximum Gasteiger partial charge on any atom is 0.407 e. The Morgan fingerprint density at radius 1 is 1.26 bits per heavy atom. The van der Waals surface area contributed by atoms with Crippen molar-refractivity contribution in [3.8, 4) is 0 Å². The van der Waals surface area contributed by atoms with Gasteiger partial charge in [-0.1, -0.05) is 13.8 Å². The minimum atomic E-state index is -1.40. The molecule has 0 aromatic rings. The van der Waals surface area contributed by atoms with Crippen LogP contribution in [0.1, 0.15) is 41.0 Å². The number of aliphatic hydroxyl groups excluding tert-OH is 1. The van der Waals surface area contributed by atoms with Gasteiger partial charge in [-0.25, -0.2) is 9.59 Å². The molecule has 112 valence electrons. The van der Waals surface area contributed by atoms with Crippen LogP contribution in [0.3, 0.4) is 0 Å². The van der Waals surface area contributed by atoms with Crippen LogP contribution in [0.2, 0.25) is 0 Å². The summed E-state index contributed by atoms with van der Waals surface area (Å²) in [6.45, 7) is 9.06. The second-order valence-corrected chi connectivity index (χ2v) is 5.85. The molecule has 2 atom stereocenters. The van der Waals surface area contributed by atoms with E-state index in [1.54, 1.807) is 20.8 Å². The van der Waals surface area contributed by atoms with E-state index in [1.807, 2.05) is 13.8 Å². The molecule has 0 radical (unpaired) electrons. The number of methoxy groups -OCH3 is 1. The van der Waals surface area contributed by atoms with Crippen LogP contribution >= 0.6 is 0 Å². The van der Waals surface area contributed by atoms with E-state index in [9.17, 15) is 14.7 Å². The van der Waals surface area contributed by atoms with E-state index in [0.29, 0.717) is 6.42 Å². The SMILES string of the molecule is COC(=O)[C@@H](O)[C@@H](CC(C)C)NC(=O)OC(C)(C)C. The molecule has 0 spiro atoms. The highest BCUT2D eigenvalue weighted by molar-refractivity contribution is 5.76. The average molecular weight is 275 g/mol. The van der Waals surface area contributed by atoms with Crippen molar-refractivity contribution in [3.05, 3.63) is 0 Å². The molecule has 0 fully saturated rings. The zero-order chi connectivity index (χ0) is 15.2. The third-order valence-corrected chi connectivity index (χ3v) is 2.25. The number of carbonyl (C=O) groups excluding carboxylic acids is 2. The van der Waals surface area contributed by atoms with Crippen molar-refractivity contribution in [2.24, 2.45) is 5.92 Å². The van der Waals surface area contributed by atoms with Crippen molar-refractivity contribution in [2.45, 2.75) is 58.8 Å². The van der Waals surface area contributed by atoms with Crippen molar-refractivity contribution >= 4 is 12.1 Å². The van der Waals surface area contributed by atoms with E-state index in [2.05, 4.69) is 10.1 Å². The zero-order valence-corrected chi connectivity index (χ0v) is 12.5. The topological polar surface area (TPSA) is 84.9 Å². The number of nitrogens with one attached hydrogen (secondary N) is 1. The number of aliphatic hydroxyl groups is 1. The number of rotatable bonds is 5. The van der Waals surface area contributed by atoms with Crippen LogP contribution in [0, 0.1) is 5.92 Å². The van der Waals surface area contributed by atoms with Crippen LogP contribution in [-0.4, -0.2) is 42.0 Å². The highest BCUT2D eigenvalue weighted by atomic mass is 16.6. The standard InChI is InChI=1S/C13H25NO5/c1-8(2)7-9(10(15)11(16)18-6)14-12(17)19-13(3,4)5/h8-10,15H,7H2,1-6H3,(H,14,17)/t9-,10+/m1/s1. The van der Waals surface area contributed by atoms with Crippen LogP contribution in [0.4, 0.5) is 4.79 Å². The van der Waals surface area contributed by atoms with Crippen molar-refractivity contribution < 1.29 is 24.2 Å². The fourth-order valence-electron chi connectivity index (χ4n) is 1.52. The lowest BCUT2D eigenvalue weighted by molar-refractivity contribution is -0.152. The normalized spacial score (nSPS) is 14.7. The molecule has 0 bridgehead atoms. The third kappa shape index (κ3) is 7.66. The Labute approximate surface area is 114 Å². The molecule has 0 rings (SSSR count). The Hall–Kier alpha value is -1.30. The Bertz CT molecular complexity index is 309. The summed E-state index contributed by atoms with van der Waals surface area (Å²) in [5.41, 5.74) is -0.636. The number of alkyl carbamates (subject to hydrolysis) is 1. The van der Waals surface area contributed by atoms with E-state index in [0.717, 1.165) is 0 Å². The van der Waals surface area contributed by atoms with Crippen molar-refractivity contribution in [1.29, 1.82) is 0 Å². The maximum atomic E-state index is 11.7. The molecule has 0 aromatic carbocycles. The largest absolute Gasteiger partial charge is 0.467 e. The van der Waals surface area contributed by atoms with Crippen molar-refractivity contribution in [3.63, 3.8) is 0 Å². The molecule has 0 aliphatic heterocycles. The molecule has 0 saturated heterocycles.